The smallest absolute Gasteiger partial charge is 0.273 e. The predicted molar refractivity (Wildman–Crippen MR) is 106 cm³/mol. The normalized spacial score (nSPS) is 10.9. The summed E-state index contributed by atoms with van der Waals surface area (Å²) in [5.74, 6) is 0.278. The Labute approximate surface area is 163 Å². The van der Waals surface area contributed by atoms with Crippen molar-refractivity contribution in [3.63, 3.8) is 0 Å². The molecule has 4 rings (SSSR count). The second-order valence-corrected chi connectivity index (χ2v) is 6.45. The molecule has 0 atom stereocenters. The molecule has 2 N–H and O–H groups in total. The van der Waals surface area contributed by atoms with E-state index < -0.39 is 0 Å². The van der Waals surface area contributed by atoms with Gasteiger partial charge in [0.2, 0.25) is 5.91 Å². The van der Waals surface area contributed by atoms with E-state index in [0.717, 1.165) is 10.2 Å². The lowest BCUT2D eigenvalue weighted by atomic mass is 10.2. The lowest BCUT2D eigenvalue weighted by molar-refractivity contribution is -0.116. The second kappa shape index (κ2) is 7.50. The Morgan fingerprint density at radius 2 is 1.90 bits per heavy atom. The van der Waals surface area contributed by atoms with Gasteiger partial charge < -0.3 is 5.32 Å². The second-order valence-electron chi connectivity index (χ2n) is 6.45. The van der Waals surface area contributed by atoms with E-state index in [4.69, 9.17) is 0 Å². The van der Waals surface area contributed by atoms with Gasteiger partial charge in [-0.1, -0.05) is 24.3 Å². The van der Waals surface area contributed by atoms with Gasteiger partial charge in [0, 0.05) is 24.7 Å². The highest BCUT2D eigenvalue weighted by atomic mass is 16.2. The Morgan fingerprint density at radius 3 is 2.66 bits per heavy atom. The van der Waals surface area contributed by atoms with Crippen LogP contribution in [0.2, 0.25) is 0 Å². The Kier molecular flexibility index (Phi) is 4.73. The summed E-state index contributed by atoms with van der Waals surface area (Å²) in [6.07, 6.45) is 0.0178. The van der Waals surface area contributed by atoms with Gasteiger partial charge in [-0.25, -0.2) is 9.36 Å². The van der Waals surface area contributed by atoms with Crippen LogP contribution >= 0.6 is 0 Å². The van der Waals surface area contributed by atoms with Gasteiger partial charge in [0.25, 0.3) is 11.1 Å². The molecule has 0 bridgehead atoms. The molecule has 0 aliphatic rings. The van der Waals surface area contributed by atoms with E-state index in [1.807, 2.05) is 6.07 Å². The van der Waals surface area contributed by atoms with Gasteiger partial charge in [-0.3, -0.25) is 19.5 Å². The lowest BCUT2D eigenvalue weighted by Gasteiger charge is -2.09. The van der Waals surface area contributed by atoms with Gasteiger partial charge in [-0.2, -0.15) is 0 Å². The molecule has 1 amide bonds. The van der Waals surface area contributed by atoms with E-state index >= 15 is 0 Å². The highest BCUT2D eigenvalue weighted by Gasteiger charge is 2.10. The van der Waals surface area contributed by atoms with Crippen LogP contribution in [0.4, 0.5) is 5.69 Å². The van der Waals surface area contributed by atoms with Crippen molar-refractivity contribution >= 4 is 22.4 Å². The molecule has 10 nitrogen and oxygen atoms in total. The number of tetrazole rings is 1. The number of aromatic amines is 1. The molecule has 0 aliphatic heterocycles. The Hall–Kier alpha value is -4.08. The van der Waals surface area contributed by atoms with E-state index in [1.54, 1.807) is 49.5 Å². The van der Waals surface area contributed by atoms with Crippen LogP contribution in [0.15, 0.2) is 58.1 Å². The first kappa shape index (κ1) is 18.3. The summed E-state index contributed by atoms with van der Waals surface area (Å²) < 4.78 is 2.69. The fourth-order valence-electron chi connectivity index (χ4n) is 3.05. The largest absolute Gasteiger partial charge is 0.326 e. The van der Waals surface area contributed by atoms with E-state index in [-0.39, 0.29) is 30.0 Å². The molecule has 146 valence electrons. The topological polar surface area (TPSA) is 128 Å². The number of carbonyl (C=O) groups is 1. The van der Waals surface area contributed by atoms with Gasteiger partial charge in [0.15, 0.2) is 5.82 Å². The first-order valence-electron chi connectivity index (χ1n) is 8.87. The number of benzene rings is 2. The summed E-state index contributed by atoms with van der Waals surface area (Å²) in [6.45, 7) is 0.0532. The number of nitrogens with zero attached hydrogens (tertiary/aromatic N) is 5. The maximum absolute atomic E-state index is 12.5. The number of nitrogens with one attached hydrogen (secondary N) is 2. The molecule has 2 aromatic heterocycles. The minimum absolute atomic E-state index is 0.0178. The molecular weight excluding hydrogens is 374 g/mol. The molecule has 0 saturated heterocycles. The molecule has 2 heterocycles. The predicted octanol–water partition coefficient (Wildman–Crippen LogP) is 0.909. The van der Waals surface area contributed by atoms with Crippen molar-refractivity contribution in [1.29, 1.82) is 0 Å². The number of anilines is 1. The van der Waals surface area contributed by atoms with E-state index in [2.05, 4.69) is 25.9 Å². The number of hydrogen-bond acceptors (Lipinski definition) is 6. The van der Waals surface area contributed by atoms with Gasteiger partial charge in [-0.05, 0) is 34.7 Å². The van der Waals surface area contributed by atoms with Crippen LogP contribution in [0.1, 0.15) is 6.42 Å². The third-order valence-electron chi connectivity index (χ3n) is 4.47. The fraction of sp³-hybridized carbons (Fsp3) is 0.158. The lowest BCUT2D eigenvalue weighted by Crippen LogP contribution is -2.31. The van der Waals surface area contributed by atoms with Gasteiger partial charge >= 0.3 is 0 Å². The van der Waals surface area contributed by atoms with Crippen molar-refractivity contribution in [1.82, 2.24) is 30.0 Å². The Balaban J connectivity index is 1.48. The molecule has 0 unspecified atom stereocenters. The maximum Gasteiger partial charge on any atom is 0.273 e. The highest BCUT2D eigenvalue weighted by molar-refractivity contribution is 5.91. The highest BCUT2D eigenvalue weighted by Crippen LogP contribution is 2.19. The molecule has 10 heteroatoms. The number of fused-ring (bicyclic) bond motifs is 1. The Bertz CT molecular complexity index is 1320. The van der Waals surface area contributed by atoms with Crippen LogP contribution in [-0.4, -0.2) is 35.9 Å². The molecular formula is C19H17N7O3. The van der Waals surface area contributed by atoms with Crippen molar-refractivity contribution in [3.8, 4) is 11.4 Å². The summed E-state index contributed by atoms with van der Waals surface area (Å²) in [5.41, 5.74) is 0.621. The zero-order valence-corrected chi connectivity index (χ0v) is 15.5. The van der Waals surface area contributed by atoms with Crippen LogP contribution in [0.5, 0.6) is 0 Å². The summed E-state index contributed by atoms with van der Waals surface area (Å²) in [5, 5.41) is 17.3. The van der Waals surface area contributed by atoms with Gasteiger partial charge in [0.1, 0.15) is 0 Å². The van der Waals surface area contributed by atoms with Crippen LogP contribution in [0, 0.1) is 0 Å². The van der Waals surface area contributed by atoms with Crippen molar-refractivity contribution in [2.45, 2.75) is 13.0 Å². The van der Waals surface area contributed by atoms with E-state index in [9.17, 15) is 14.4 Å². The zero-order chi connectivity index (χ0) is 20.4. The molecule has 2 aromatic carbocycles. The SMILES string of the molecule is Cn1nnnc1-c1cccc(NC(=O)CCn2[nH]c(=O)c3ccccc3c2=O)c1. The van der Waals surface area contributed by atoms with Crippen molar-refractivity contribution in [3.05, 3.63) is 69.2 Å². The average molecular weight is 391 g/mol. The molecule has 4 aromatic rings. The van der Waals surface area contributed by atoms with Crippen LogP contribution < -0.4 is 16.4 Å². The van der Waals surface area contributed by atoms with Crippen LogP contribution in [0.3, 0.4) is 0 Å². The summed E-state index contributed by atoms with van der Waals surface area (Å²) in [6, 6.07) is 13.7. The minimum Gasteiger partial charge on any atom is -0.326 e. The monoisotopic (exact) mass is 391 g/mol. The van der Waals surface area contributed by atoms with E-state index in [1.165, 1.54) is 4.68 Å². The number of aromatic nitrogens is 6. The number of amides is 1. The Morgan fingerprint density at radius 1 is 1.10 bits per heavy atom. The third kappa shape index (κ3) is 3.68. The summed E-state index contributed by atoms with van der Waals surface area (Å²) in [4.78, 5) is 37.0. The molecule has 29 heavy (non-hydrogen) atoms. The van der Waals surface area contributed by atoms with Gasteiger partial charge in [0.05, 0.1) is 17.3 Å². The first-order valence-corrected chi connectivity index (χ1v) is 8.87. The zero-order valence-electron chi connectivity index (χ0n) is 15.5. The standard InChI is InChI=1S/C19H17N7O3/c1-25-17(21-23-24-25)12-5-4-6-13(11-12)20-16(27)9-10-26-19(29)15-8-3-2-7-14(15)18(28)22-26/h2-8,11H,9-10H2,1H3,(H,20,27)(H,22,28). The number of carbonyl (C=O) groups excluding carboxylic acids is 1. The minimum atomic E-state index is -0.370. The van der Waals surface area contributed by atoms with Crippen LogP contribution in [-0.2, 0) is 18.4 Å². The van der Waals surface area contributed by atoms with Crippen LogP contribution in [0.25, 0.3) is 22.2 Å². The molecule has 0 fully saturated rings. The summed E-state index contributed by atoms with van der Waals surface area (Å²) in [7, 11) is 1.72. The first-order chi connectivity index (χ1) is 14.0. The third-order valence-corrected chi connectivity index (χ3v) is 4.47. The number of H-pyrrole nitrogens is 1. The quantitative estimate of drug-likeness (QED) is 0.520. The maximum atomic E-state index is 12.5. The fourth-order valence-corrected chi connectivity index (χ4v) is 3.05. The van der Waals surface area contributed by atoms with Crippen molar-refractivity contribution in [2.24, 2.45) is 7.05 Å². The number of hydrogen-bond donors (Lipinski definition) is 2. The summed E-state index contributed by atoms with van der Waals surface area (Å²) >= 11 is 0. The van der Waals surface area contributed by atoms with E-state index in [0.29, 0.717) is 22.3 Å². The molecule has 0 aliphatic carbocycles. The number of rotatable bonds is 5. The van der Waals surface area contributed by atoms with Crippen molar-refractivity contribution < 1.29 is 4.79 Å². The molecule has 0 saturated carbocycles. The molecule has 0 spiro atoms. The van der Waals surface area contributed by atoms with Gasteiger partial charge in [-0.15, -0.1) is 5.10 Å². The number of aryl methyl sites for hydroxylation is 2. The average Bonchev–Trinajstić information content (AvgIpc) is 3.16. The van der Waals surface area contributed by atoms with Crippen molar-refractivity contribution in [2.75, 3.05) is 5.32 Å². The molecule has 0 radical (unpaired) electrons.